The van der Waals surface area contributed by atoms with Gasteiger partial charge in [0, 0.05) is 11.4 Å². The number of carbonyl (C=O) groups is 2. The van der Waals surface area contributed by atoms with E-state index < -0.39 is 18.5 Å². The van der Waals surface area contributed by atoms with E-state index >= 15 is 0 Å². The molecule has 0 spiro atoms. The fraction of sp³-hybridized carbons (Fsp3) is 0.167. The van der Waals surface area contributed by atoms with E-state index in [2.05, 4.69) is 5.32 Å². The van der Waals surface area contributed by atoms with Crippen LogP contribution in [0.5, 0.6) is 0 Å². The first-order valence-electron chi connectivity index (χ1n) is 7.29. The van der Waals surface area contributed by atoms with Gasteiger partial charge in [-0.2, -0.15) is 5.26 Å². The van der Waals surface area contributed by atoms with Gasteiger partial charge in [-0.15, -0.1) is 0 Å². The Hall–Kier alpha value is -3.33. The number of amides is 1. The van der Waals surface area contributed by atoms with Crippen molar-refractivity contribution in [2.75, 3.05) is 17.7 Å². The highest BCUT2D eigenvalue weighted by atomic mass is 16.5. The van der Waals surface area contributed by atoms with Crippen LogP contribution in [0.1, 0.15) is 21.5 Å². The molecule has 0 aliphatic carbocycles. The van der Waals surface area contributed by atoms with Crippen molar-refractivity contribution < 1.29 is 14.3 Å². The first-order chi connectivity index (χ1) is 11.5. The maximum absolute atomic E-state index is 12.0. The van der Waals surface area contributed by atoms with Crippen molar-refractivity contribution in [2.24, 2.45) is 0 Å². The van der Waals surface area contributed by atoms with Gasteiger partial charge in [0.25, 0.3) is 5.91 Å². The standard InChI is InChI=1S/C18H17N3O3/c1-12-3-2-4-15(17(12)20)18(23)24-11-16(22)21-14-7-5-13(6-8-14)9-10-19/h2-8H,9,11,20H2,1H3,(H,21,22). The minimum Gasteiger partial charge on any atom is -0.452 e. The summed E-state index contributed by atoms with van der Waals surface area (Å²) in [6.07, 6.45) is 0.309. The van der Waals surface area contributed by atoms with Crippen molar-refractivity contribution in [3.05, 3.63) is 59.2 Å². The molecule has 6 heteroatoms. The number of nitrogens with zero attached hydrogens (tertiary/aromatic N) is 1. The maximum atomic E-state index is 12.0. The van der Waals surface area contributed by atoms with Crippen LogP contribution in [0, 0.1) is 18.3 Å². The number of carbonyl (C=O) groups excluding carboxylic acids is 2. The molecule has 6 nitrogen and oxygen atoms in total. The molecule has 3 N–H and O–H groups in total. The zero-order valence-electron chi connectivity index (χ0n) is 13.2. The summed E-state index contributed by atoms with van der Waals surface area (Å²) >= 11 is 0. The zero-order chi connectivity index (χ0) is 17.5. The first kappa shape index (κ1) is 17.0. The number of aryl methyl sites for hydroxylation is 1. The molecule has 0 radical (unpaired) electrons. The molecule has 0 saturated heterocycles. The van der Waals surface area contributed by atoms with Crippen LogP contribution in [0.15, 0.2) is 42.5 Å². The monoisotopic (exact) mass is 323 g/mol. The minimum absolute atomic E-state index is 0.239. The van der Waals surface area contributed by atoms with E-state index in [1.807, 2.05) is 6.07 Å². The van der Waals surface area contributed by atoms with Crippen LogP contribution >= 0.6 is 0 Å². The normalized spacial score (nSPS) is 9.83. The van der Waals surface area contributed by atoms with Crippen molar-refractivity contribution in [1.29, 1.82) is 5.26 Å². The second-order valence-electron chi connectivity index (χ2n) is 5.19. The number of ether oxygens (including phenoxy) is 1. The van der Waals surface area contributed by atoms with Crippen LogP contribution in [0.2, 0.25) is 0 Å². The number of hydrogen-bond acceptors (Lipinski definition) is 5. The Labute approximate surface area is 139 Å². The van der Waals surface area contributed by atoms with Gasteiger partial charge >= 0.3 is 5.97 Å². The number of nitrogens with one attached hydrogen (secondary N) is 1. The Kier molecular flexibility index (Phi) is 5.53. The summed E-state index contributed by atoms with van der Waals surface area (Å²) in [7, 11) is 0. The van der Waals surface area contributed by atoms with Gasteiger partial charge in [-0.05, 0) is 36.2 Å². The van der Waals surface area contributed by atoms with E-state index in [1.165, 1.54) is 0 Å². The average molecular weight is 323 g/mol. The van der Waals surface area contributed by atoms with Gasteiger partial charge in [-0.3, -0.25) is 4.79 Å². The summed E-state index contributed by atoms with van der Waals surface area (Å²) in [5, 5.41) is 11.2. The average Bonchev–Trinajstić information content (AvgIpc) is 2.57. The molecule has 1 amide bonds. The summed E-state index contributed by atoms with van der Waals surface area (Å²) in [5.41, 5.74) is 8.60. The Balaban J connectivity index is 1.90. The molecule has 0 aliphatic heterocycles. The maximum Gasteiger partial charge on any atom is 0.340 e. The number of rotatable bonds is 5. The second-order valence-corrected chi connectivity index (χ2v) is 5.19. The van der Waals surface area contributed by atoms with E-state index in [4.69, 9.17) is 15.7 Å². The van der Waals surface area contributed by atoms with Crippen LogP contribution in [-0.2, 0) is 16.0 Å². The number of hydrogen-bond donors (Lipinski definition) is 2. The van der Waals surface area contributed by atoms with Crippen LogP contribution in [0.4, 0.5) is 11.4 Å². The fourth-order valence-electron chi connectivity index (χ4n) is 2.06. The number of anilines is 2. The number of benzene rings is 2. The lowest BCUT2D eigenvalue weighted by Crippen LogP contribution is -2.21. The molecule has 0 aromatic heterocycles. The zero-order valence-corrected chi connectivity index (χ0v) is 13.2. The number of nitrogens with two attached hydrogens (primary N) is 1. The lowest BCUT2D eigenvalue weighted by molar-refractivity contribution is -0.119. The van der Waals surface area contributed by atoms with E-state index in [1.54, 1.807) is 49.4 Å². The lowest BCUT2D eigenvalue weighted by atomic mass is 10.1. The molecule has 0 heterocycles. The lowest BCUT2D eigenvalue weighted by Gasteiger charge is -2.09. The van der Waals surface area contributed by atoms with Crippen molar-refractivity contribution in [1.82, 2.24) is 0 Å². The molecular formula is C18H17N3O3. The van der Waals surface area contributed by atoms with Gasteiger partial charge in [0.1, 0.15) is 0 Å². The molecular weight excluding hydrogens is 306 g/mol. The summed E-state index contributed by atoms with van der Waals surface area (Å²) in [5.74, 6) is -1.10. The predicted molar refractivity (Wildman–Crippen MR) is 90.3 cm³/mol. The highest BCUT2D eigenvalue weighted by molar-refractivity contribution is 5.98. The molecule has 2 rings (SSSR count). The van der Waals surface area contributed by atoms with Crippen molar-refractivity contribution >= 4 is 23.3 Å². The number of para-hydroxylation sites is 1. The molecule has 122 valence electrons. The first-order valence-corrected chi connectivity index (χ1v) is 7.29. The molecule has 0 fully saturated rings. The van der Waals surface area contributed by atoms with E-state index in [0.29, 0.717) is 17.8 Å². The van der Waals surface area contributed by atoms with Crippen LogP contribution in [0.25, 0.3) is 0 Å². The largest absolute Gasteiger partial charge is 0.452 e. The molecule has 2 aromatic rings. The smallest absolute Gasteiger partial charge is 0.340 e. The van der Waals surface area contributed by atoms with Crippen molar-refractivity contribution in [3.63, 3.8) is 0 Å². The van der Waals surface area contributed by atoms with Gasteiger partial charge in [-0.1, -0.05) is 24.3 Å². The molecule has 2 aromatic carbocycles. The molecule has 0 unspecified atom stereocenters. The topological polar surface area (TPSA) is 105 Å². The summed E-state index contributed by atoms with van der Waals surface area (Å²) in [6, 6.07) is 14.0. The van der Waals surface area contributed by atoms with Gasteiger partial charge in [0.15, 0.2) is 6.61 Å². The highest BCUT2D eigenvalue weighted by Gasteiger charge is 2.14. The van der Waals surface area contributed by atoms with Gasteiger partial charge in [0.2, 0.25) is 0 Å². The third-order valence-electron chi connectivity index (χ3n) is 3.40. The predicted octanol–water partition coefficient (Wildman–Crippen LogP) is 2.44. The molecule has 24 heavy (non-hydrogen) atoms. The summed E-state index contributed by atoms with van der Waals surface area (Å²) < 4.78 is 4.99. The van der Waals surface area contributed by atoms with Crippen molar-refractivity contribution in [2.45, 2.75) is 13.3 Å². The van der Waals surface area contributed by atoms with Crippen LogP contribution in [0.3, 0.4) is 0 Å². The van der Waals surface area contributed by atoms with Crippen LogP contribution in [-0.4, -0.2) is 18.5 Å². The van der Waals surface area contributed by atoms with Crippen LogP contribution < -0.4 is 11.1 Å². The highest BCUT2D eigenvalue weighted by Crippen LogP contribution is 2.17. The summed E-state index contributed by atoms with van der Waals surface area (Å²) in [4.78, 5) is 23.8. The molecule has 0 aliphatic rings. The van der Waals surface area contributed by atoms with Crippen molar-refractivity contribution in [3.8, 4) is 6.07 Å². The Morgan fingerprint density at radius 2 is 1.92 bits per heavy atom. The van der Waals surface area contributed by atoms with Gasteiger partial charge in [0.05, 0.1) is 18.1 Å². The van der Waals surface area contributed by atoms with E-state index in [9.17, 15) is 9.59 Å². The third-order valence-corrected chi connectivity index (χ3v) is 3.40. The minimum atomic E-state index is -0.643. The Bertz CT molecular complexity index is 792. The number of nitriles is 1. The van der Waals surface area contributed by atoms with E-state index in [0.717, 1.165) is 11.1 Å². The molecule has 0 atom stereocenters. The quantitative estimate of drug-likeness (QED) is 0.649. The molecule has 0 bridgehead atoms. The second kappa shape index (κ2) is 7.79. The number of esters is 1. The molecule has 0 saturated carbocycles. The van der Waals surface area contributed by atoms with Gasteiger partial charge in [-0.25, -0.2) is 4.79 Å². The van der Waals surface area contributed by atoms with E-state index in [-0.39, 0.29) is 5.56 Å². The Morgan fingerprint density at radius 1 is 1.21 bits per heavy atom. The fourth-order valence-corrected chi connectivity index (χ4v) is 2.06. The SMILES string of the molecule is Cc1cccc(C(=O)OCC(=O)Nc2ccc(CC#N)cc2)c1N. The van der Waals surface area contributed by atoms with Gasteiger partial charge < -0.3 is 15.8 Å². The number of nitrogen functional groups attached to an aromatic ring is 1. The third kappa shape index (κ3) is 4.34. The summed E-state index contributed by atoms with van der Waals surface area (Å²) in [6.45, 7) is 1.38. The Morgan fingerprint density at radius 3 is 2.58 bits per heavy atom.